The minimum atomic E-state index is -0.336. The molecule has 0 spiro atoms. The third kappa shape index (κ3) is 9.82. The van der Waals surface area contributed by atoms with Crippen molar-refractivity contribution >= 4 is 149 Å². The molecule has 10 heteroatoms. The summed E-state index contributed by atoms with van der Waals surface area (Å²) in [6.45, 7) is 4.32. The first-order valence-electron chi connectivity index (χ1n) is 14.0. The summed E-state index contributed by atoms with van der Waals surface area (Å²) in [5, 5.41) is 0. The zero-order valence-electron chi connectivity index (χ0n) is 25.1. The first-order valence-corrected chi connectivity index (χ1v) is 14.0. The number of aromatic nitrogens is 4. The fraction of sp³-hybridized carbons (Fsp3) is 0.375. The Bertz CT molecular complexity index is 1550. The molecule has 0 amide bonds. The van der Waals surface area contributed by atoms with Gasteiger partial charge in [-0.15, -0.1) is 0 Å². The second kappa shape index (κ2) is 18.0. The molecule has 0 saturated carbocycles. The zero-order valence-corrected chi connectivity index (χ0v) is 31.3. The van der Waals surface area contributed by atoms with Crippen LogP contribution in [0.1, 0.15) is 74.0 Å². The van der Waals surface area contributed by atoms with Gasteiger partial charge in [0.25, 0.3) is 0 Å². The Morgan fingerprint density at radius 3 is 1.98 bits per heavy atom. The molecule has 2 unspecified atom stereocenters. The molecule has 2 radical (unpaired) electrons. The van der Waals surface area contributed by atoms with Crippen LogP contribution in [0.15, 0.2) is 42.5 Å². The summed E-state index contributed by atoms with van der Waals surface area (Å²) in [5.41, 5.74) is 8.94. The monoisotopic (exact) mass is 624 g/mol. The van der Waals surface area contributed by atoms with Gasteiger partial charge in [-0.25, -0.2) is 9.97 Å². The molecule has 3 aromatic rings. The van der Waals surface area contributed by atoms with Crippen molar-refractivity contribution in [2.45, 2.75) is 51.7 Å². The number of hydrogen-bond acceptors (Lipinski definition) is 4. The Hall–Kier alpha value is -0.347. The number of nitrogens with one attached hydrogen (secondary N) is 2. The summed E-state index contributed by atoms with van der Waals surface area (Å²) in [6.07, 6.45) is 7.97. The van der Waals surface area contributed by atoms with E-state index in [9.17, 15) is 8.78 Å². The molecule has 212 valence electrons. The van der Waals surface area contributed by atoms with Gasteiger partial charge in [0.1, 0.15) is 0 Å². The van der Waals surface area contributed by atoms with Crippen LogP contribution >= 0.6 is 0 Å². The number of unbranched alkanes of at least 4 members (excludes halogenated alkanes) is 2. The van der Waals surface area contributed by atoms with Gasteiger partial charge in [-0.2, -0.15) is 0 Å². The molecule has 2 aliphatic rings. The second-order valence-electron chi connectivity index (χ2n) is 10.2. The van der Waals surface area contributed by atoms with Crippen LogP contribution in [0.25, 0.3) is 45.9 Å². The van der Waals surface area contributed by atoms with Crippen LogP contribution in [0.2, 0.25) is 0 Å². The number of alkyl halides is 2. The van der Waals surface area contributed by atoms with Gasteiger partial charge >= 0.3 is 0 Å². The van der Waals surface area contributed by atoms with Gasteiger partial charge in [-0.1, -0.05) is 0 Å². The summed E-state index contributed by atoms with van der Waals surface area (Å²) in [7, 11) is 0. The number of fused-ring (bicyclic) bond motifs is 8. The third-order valence-electron chi connectivity index (χ3n) is 7.02. The van der Waals surface area contributed by atoms with Crippen molar-refractivity contribution in [3.05, 3.63) is 70.8 Å². The maximum Gasteiger partial charge on any atom is 0.0895 e. The minimum Gasteiger partial charge on any atom is -0.374 e. The minimum absolute atomic E-state index is 0. The number of halogens is 2. The Morgan fingerprint density at radius 1 is 0.690 bits per heavy atom. The molecule has 0 aromatic carbocycles. The molecule has 5 rings (SSSR count). The van der Waals surface area contributed by atoms with Gasteiger partial charge in [0.2, 0.25) is 0 Å². The van der Waals surface area contributed by atoms with Crippen LogP contribution in [0, 0.1) is 0 Å². The van der Waals surface area contributed by atoms with Crippen molar-refractivity contribution in [1.82, 2.24) is 19.9 Å². The van der Waals surface area contributed by atoms with Crippen LogP contribution in [0.4, 0.5) is 8.78 Å². The number of rotatable bonds is 12. The maximum absolute atomic E-state index is 12.6. The molecule has 8 bridgehead atoms. The average Bonchev–Trinajstić information content (AvgIpc) is 3.73. The second-order valence-corrected chi connectivity index (χ2v) is 10.2. The fourth-order valence-electron chi connectivity index (χ4n) is 4.89. The predicted octanol–water partition coefficient (Wildman–Crippen LogP) is 7.25. The number of ether oxygens (including phenoxy) is 2. The van der Waals surface area contributed by atoms with E-state index in [1.54, 1.807) is 0 Å². The predicted molar refractivity (Wildman–Crippen MR) is 170 cm³/mol. The van der Waals surface area contributed by atoms with E-state index in [2.05, 4.69) is 16.0 Å². The molecule has 42 heavy (non-hydrogen) atoms. The quantitative estimate of drug-likeness (QED) is 0.129. The van der Waals surface area contributed by atoms with E-state index in [1.807, 2.05) is 68.5 Å². The van der Waals surface area contributed by atoms with Crippen LogP contribution in [0.3, 0.4) is 0 Å². The molecule has 2 N–H and O–H groups in total. The van der Waals surface area contributed by atoms with E-state index in [4.69, 9.17) is 19.4 Å². The summed E-state index contributed by atoms with van der Waals surface area (Å²) in [6, 6.07) is 14.2. The van der Waals surface area contributed by atoms with Crippen LogP contribution < -0.4 is 0 Å². The number of nitrogens with zero attached hydrogens (tertiary/aromatic N) is 2. The Kier molecular flexibility index (Phi) is 15.4. The smallest absolute Gasteiger partial charge is 0.0895 e. The normalized spacial score (nSPS) is 13.7. The molecular formula is C32H36F2K2N4O2. The van der Waals surface area contributed by atoms with Crippen LogP contribution in [0.5, 0.6) is 0 Å². The molecule has 0 fully saturated rings. The topological polar surface area (TPSA) is 75.8 Å². The third-order valence-corrected chi connectivity index (χ3v) is 7.02. The van der Waals surface area contributed by atoms with Gasteiger partial charge in [-0.3, -0.25) is 8.78 Å². The average molecular weight is 625 g/mol. The first kappa shape index (κ1) is 36.1. The SMILES string of the molecule is CC(OCCCCF)C1=Cc2cc3[nH]c(cc4nc(cc5ccc(cc1n2)[nH]5)C=C4)cc3C(C)OCCCCF.[K].[K]. The van der Waals surface area contributed by atoms with Gasteiger partial charge in [-0.05, 0) is 100 Å². The number of H-pyrrole nitrogens is 2. The largest absolute Gasteiger partial charge is 0.374 e. The van der Waals surface area contributed by atoms with Gasteiger partial charge in [0, 0.05) is 149 Å². The van der Waals surface area contributed by atoms with E-state index in [-0.39, 0.29) is 128 Å². The van der Waals surface area contributed by atoms with E-state index >= 15 is 0 Å². The van der Waals surface area contributed by atoms with Gasteiger partial charge in [0.15, 0.2) is 0 Å². The summed E-state index contributed by atoms with van der Waals surface area (Å²) in [5.74, 6) is 0. The van der Waals surface area contributed by atoms with Crippen molar-refractivity contribution in [1.29, 1.82) is 0 Å². The molecule has 0 saturated heterocycles. The van der Waals surface area contributed by atoms with Gasteiger partial charge in [0.05, 0.1) is 48.3 Å². The molecule has 5 heterocycles. The Labute approximate surface area is 331 Å². The van der Waals surface area contributed by atoms with Gasteiger partial charge < -0.3 is 19.4 Å². The van der Waals surface area contributed by atoms with Crippen LogP contribution in [-0.2, 0) is 9.47 Å². The van der Waals surface area contributed by atoms with E-state index in [1.165, 1.54) is 0 Å². The van der Waals surface area contributed by atoms with Crippen molar-refractivity contribution < 1.29 is 18.3 Å². The zero-order chi connectivity index (χ0) is 27.9. The van der Waals surface area contributed by atoms with E-state index < -0.39 is 0 Å². The molecular weight excluding hydrogens is 589 g/mol. The molecule has 6 nitrogen and oxygen atoms in total. The Morgan fingerprint density at radius 2 is 1.31 bits per heavy atom. The molecule has 2 aliphatic heterocycles. The van der Waals surface area contributed by atoms with Crippen LogP contribution in [-0.4, -0.2) is 155 Å². The molecule has 2 atom stereocenters. The summed E-state index contributed by atoms with van der Waals surface area (Å²) < 4.78 is 37.3. The van der Waals surface area contributed by atoms with Crippen molar-refractivity contribution in [3.63, 3.8) is 0 Å². The summed E-state index contributed by atoms with van der Waals surface area (Å²) in [4.78, 5) is 16.7. The number of aromatic amines is 2. The van der Waals surface area contributed by atoms with E-state index in [0.717, 1.165) is 56.0 Å². The van der Waals surface area contributed by atoms with Crippen molar-refractivity contribution in [3.8, 4) is 0 Å². The Balaban J connectivity index is 0.00000242. The summed E-state index contributed by atoms with van der Waals surface area (Å²) >= 11 is 0. The number of hydrogen-bond donors (Lipinski definition) is 2. The van der Waals surface area contributed by atoms with Crippen molar-refractivity contribution in [2.75, 3.05) is 26.6 Å². The van der Waals surface area contributed by atoms with E-state index in [0.29, 0.717) is 38.9 Å². The molecule has 0 aliphatic carbocycles. The fourth-order valence-corrected chi connectivity index (χ4v) is 4.89. The standard InChI is InChI=1S/C32H36F2N4O2.2K/c1-21(39-13-5-3-11-33)29-17-27-16-25-8-7-23(35-25)15-24-9-10-26(36-24)19-31-30(22(2)40-14-6-4-12-34)18-28(38-31)20-32(29)37-27;;/h7-10,15-22,36-37H,3-6,11-14H2,1-2H3;;. The maximum atomic E-state index is 12.6. The first-order chi connectivity index (χ1) is 19.5. The molecule has 3 aromatic heterocycles. The van der Waals surface area contributed by atoms with Crippen molar-refractivity contribution in [2.24, 2.45) is 0 Å².